The minimum absolute atomic E-state index is 0.533. The summed E-state index contributed by atoms with van der Waals surface area (Å²) in [7, 11) is 0. The number of anilines is 1. The van der Waals surface area contributed by atoms with E-state index in [4.69, 9.17) is 11.6 Å². The Hall–Kier alpha value is -1.48. The Kier molecular flexibility index (Phi) is 3.47. The first-order valence-electron chi connectivity index (χ1n) is 6.75. The second kappa shape index (κ2) is 5.25. The highest BCUT2D eigenvalue weighted by atomic mass is 35.5. The molecule has 0 N–H and O–H groups in total. The number of benzene rings is 1. The summed E-state index contributed by atoms with van der Waals surface area (Å²) in [5.74, 6) is 0. The monoisotopic (exact) mass is 275 g/mol. The molecule has 3 rings (SSSR count). The molecule has 1 saturated heterocycles. The molecule has 3 nitrogen and oxygen atoms in total. The highest BCUT2D eigenvalue weighted by Crippen LogP contribution is 2.31. The molecular weight excluding hydrogens is 258 g/mol. The van der Waals surface area contributed by atoms with Crippen LogP contribution in [-0.4, -0.2) is 22.9 Å². The van der Waals surface area contributed by atoms with Crippen molar-refractivity contribution in [3.05, 3.63) is 47.2 Å². The molecular formula is C15H18ClN3. The van der Waals surface area contributed by atoms with Crippen molar-refractivity contribution in [2.24, 2.45) is 0 Å². The van der Waals surface area contributed by atoms with E-state index in [-0.39, 0.29) is 0 Å². The summed E-state index contributed by atoms with van der Waals surface area (Å²) in [4.78, 5) is 2.43. The van der Waals surface area contributed by atoms with Crippen LogP contribution < -0.4 is 4.90 Å². The zero-order valence-electron chi connectivity index (χ0n) is 11.1. The molecule has 0 bridgehead atoms. The molecule has 0 spiro atoms. The third-order valence-corrected chi connectivity index (χ3v) is 4.35. The Morgan fingerprint density at radius 3 is 2.68 bits per heavy atom. The van der Waals surface area contributed by atoms with Gasteiger partial charge in [-0.25, -0.2) is 0 Å². The summed E-state index contributed by atoms with van der Waals surface area (Å²) in [6.45, 7) is 4.22. The first-order chi connectivity index (χ1) is 9.25. The van der Waals surface area contributed by atoms with E-state index in [2.05, 4.69) is 33.9 Å². The van der Waals surface area contributed by atoms with E-state index in [9.17, 15) is 0 Å². The van der Waals surface area contributed by atoms with E-state index < -0.39 is 0 Å². The second-order valence-corrected chi connectivity index (χ2v) is 5.50. The molecule has 0 atom stereocenters. The molecule has 19 heavy (non-hydrogen) atoms. The lowest BCUT2D eigenvalue weighted by molar-refractivity contribution is 0.367. The summed E-state index contributed by atoms with van der Waals surface area (Å²) in [5, 5.41) is 5.20. The fourth-order valence-electron chi connectivity index (χ4n) is 2.81. The van der Waals surface area contributed by atoms with Gasteiger partial charge >= 0.3 is 0 Å². The standard InChI is InChI=1S/C15H18ClN3/c1-12-14(16)4-2-5-15(12)18-10-6-13(7-11-18)19-9-3-8-17-19/h2-5,8-9,13H,6-7,10-11H2,1H3. The Morgan fingerprint density at radius 1 is 1.21 bits per heavy atom. The van der Waals surface area contributed by atoms with Crippen molar-refractivity contribution in [2.75, 3.05) is 18.0 Å². The fraction of sp³-hybridized carbons (Fsp3) is 0.400. The molecule has 0 unspecified atom stereocenters. The van der Waals surface area contributed by atoms with Crippen molar-refractivity contribution in [2.45, 2.75) is 25.8 Å². The third kappa shape index (κ3) is 2.47. The molecule has 0 amide bonds. The number of aromatic nitrogens is 2. The van der Waals surface area contributed by atoms with Gasteiger partial charge in [0.1, 0.15) is 0 Å². The molecule has 4 heteroatoms. The Balaban J connectivity index is 1.72. The molecule has 0 saturated carbocycles. The van der Waals surface area contributed by atoms with Gasteiger partial charge < -0.3 is 4.90 Å². The lowest BCUT2D eigenvalue weighted by Crippen LogP contribution is -2.35. The predicted octanol–water partition coefficient (Wildman–Crippen LogP) is 3.69. The lowest BCUT2D eigenvalue weighted by atomic mass is 10.0. The second-order valence-electron chi connectivity index (χ2n) is 5.09. The van der Waals surface area contributed by atoms with Crippen molar-refractivity contribution < 1.29 is 0 Å². The van der Waals surface area contributed by atoms with Crippen molar-refractivity contribution in [1.82, 2.24) is 9.78 Å². The number of rotatable bonds is 2. The van der Waals surface area contributed by atoms with Gasteiger partial charge in [0.15, 0.2) is 0 Å². The van der Waals surface area contributed by atoms with E-state index in [1.54, 1.807) is 0 Å². The van der Waals surface area contributed by atoms with Crippen LogP contribution in [-0.2, 0) is 0 Å². The predicted molar refractivity (Wildman–Crippen MR) is 78.9 cm³/mol. The van der Waals surface area contributed by atoms with Crippen LogP contribution in [0.2, 0.25) is 5.02 Å². The van der Waals surface area contributed by atoms with Gasteiger partial charge in [-0.15, -0.1) is 0 Å². The number of halogens is 1. The van der Waals surface area contributed by atoms with Gasteiger partial charge in [0.05, 0.1) is 6.04 Å². The normalized spacial score (nSPS) is 16.8. The maximum absolute atomic E-state index is 6.20. The van der Waals surface area contributed by atoms with Crippen molar-refractivity contribution >= 4 is 17.3 Å². The minimum atomic E-state index is 0.533. The highest BCUT2D eigenvalue weighted by Gasteiger charge is 2.22. The van der Waals surface area contributed by atoms with Crippen LogP contribution in [0.5, 0.6) is 0 Å². The summed E-state index contributed by atoms with van der Waals surface area (Å²) >= 11 is 6.20. The number of hydrogen-bond donors (Lipinski definition) is 0. The molecule has 1 aromatic heterocycles. The van der Waals surface area contributed by atoms with Gasteiger partial charge in [0.25, 0.3) is 0 Å². The van der Waals surface area contributed by atoms with Crippen LogP contribution in [0.1, 0.15) is 24.4 Å². The van der Waals surface area contributed by atoms with Crippen LogP contribution in [0.3, 0.4) is 0 Å². The van der Waals surface area contributed by atoms with E-state index in [0.29, 0.717) is 6.04 Å². The van der Waals surface area contributed by atoms with Gasteiger partial charge in [0, 0.05) is 36.2 Å². The number of nitrogens with zero attached hydrogens (tertiary/aromatic N) is 3. The maximum Gasteiger partial charge on any atom is 0.0552 e. The third-order valence-electron chi connectivity index (χ3n) is 3.94. The van der Waals surface area contributed by atoms with E-state index >= 15 is 0 Å². The van der Waals surface area contributed by atoms with Crippen LogP contribution in [0.4, 0.5) is 5.69 Å². The van der Waals surface area contributed by atoms with Crippen molar-refractivity contribution in [3.8, 4) is 0 Å². The molecule has 1 aliphatic heterocycles. The average molecular weight is 276 g/mol. The molecule has 1 aliphatic rings. The average Bonchev–Trinajstić information content (AvgIpc) is 2.96. The van der Waals surface area contributed by atoms with E-state index in [1.807, 2.05) is 24.4 Å². The largest absolute Gasteiger partial charge is 0.371 e. The number of piperidine rings is 1. The summed E-state index contributed by atoms with van der Waals surface area (Å²) in [6, 6.07) is 8.68. The zero-order valence-corrected chi connectivity index (χ0v) is 11.8. The zero-order chi connectivity index (χ0) is 13.2. The summed E-state index contributed by atoms with van der Waals surface area (Å²) in [5.41, 5.74) is 2.45. The molecule has 2 aromatic rings. The van der Waals surface area contributed by atoms with Crippen LogP contribution in [0, 0.1) is 6.92 Å². The Bertz CT molecular complexity index is 543. The maximum atomic E-state index is 6.20. The molecule has 2 heterocycles. The summed E-state index contributed by atoms with van der Waals surface area (Å²) in [6.07, 6.45) is 6.18. The molecule has 0 aliphatic carbocycles. The van der Waals surface area contributed by atoms with Gasteiger partial charge in [-0.1, -0.05) is 17.7 Å². The van der Waals surface area contributed by atoms with Crippen LogP contribution in [0.25, 0.3) is 0 Å². The van der Waals surface area contributed by atoms with Gasteiger partial charge in [-0.2, -0.15) is 5.10 Å². The SMILES string of the molecule is Cc1c(Cl)cccc1N1CCC(n2cccn2)CC1. The van der Waals surface area contributed by atoms with Crippen molar-refractivity contribution in [1.29, 1.82) is 0 Å². The molecule has 1 aromatic carbocycles. The molecule has 1 fully saturated rings. The van der Waals surface area contributed by atoms with Gasteiger partial charge in [-0.3, -0.25) is 4.68 Å². The van der Waals surface area contributed by atoms with Crippen LogP contribution in [0.15, 0.2) is 36.7 Å². The Labute approximate surface area is 118 Å². The number of hydrogen-bond acceptors (Lipinski definition) is 2. The summed E-state index contributed by atoms with van der Waals surface area (Å²) < 4.78 is 2.09. The van der Waals surface area contributed by atoms with E-state index in [0.717, 1.165) is 31.0 Å². The smallest absolute Gasteiger partial charge is 0.0552 e. The minimum Gasteiger partial charge on any atom is -0.371 e. The molecule has 100 valence electrons. The first-order valence-corrected chi connectivity index (χ1v) is 7.12. The lowest BCUT2D eigenvalue weighted by Gasteiger charge is -2.34. The van der Waals surface area contributed by atoms with Crippen molar-refractivity contribution in [3.63, 3.8) is 0 Å². The first kappa shape index (κ1) is 12.5. The topological polar surface area (TPSA) is 21.1 Å². The highest BCUT2D eigenvalue weighted by molar-refractivity contribution is 6.31. The Morgan fingerprint density at radius 2 is 2.00 bits per heavy atom. The molecule has 0 radical (unpaired) electrons. The van der Waals surface area contributed by atoms with E-state index in [1.165, 1.54) is 11.3 Å². The quantitative estimate of drug-likeness (QED) is 0.834. The van der Waals surface area contributed by atoms with Gasteiger partial charge in [0.2, 0.25) is 0 Å². The fourth-order valence-corrected chi connectivity index (χ4v) is 2.98. The van der Waals surface area contributed by atoms with Gasteiger partial charge in [-0.05, 0) is 43.5 Å². The van der Waals surface area contributed by atoms with Crippen LogP contribution >= 0.6 is 11.6 Å².